The van der Waals surface area contributed by atoms with Gasteiger partial charge in [0.2, 0.25) is 18.1 Å². The number of aliphatic hydroxyl groups is 4. The molecular weight excluding hydrogens is 590 g/mol. The minimum Gasteiger partial charge on any atom is -0.504 e. The molecule has 0 aliphatic carbocycles. The summed E-state index contributed by atoms with van der Waals surface area (Å²) in [5.41, 5.74) is 1.45. The zero-order valence-corrected chi connectivity index (χ0v) is 25.1. The third kappa shape index (κ3) is 11.7. The summed E-state index contributed by atoms with van der Waals surface area (Å²) in [4.78, 5) is 24.3. The zero-order chi connectivity index (χ0) is 32.8. The van der Waals surface area contributed by atoms with E-state index in [1.165, 1.54) is 24.3 Å². The number of benzene rings is 2. The van der Waals surface area contributed by atoms with Crippen LogP contribution in [0.2, 0.25) is 0 Å². The predicted octanol–water partition coefficient (Wildman–Crippen LogP) is -0.460. The van der Waals surface area contributed by atoms with Gasteiger partial charge in [0.15, 0.2) is 23.0 Å². The molecule has 0 unspecified atom stereocenters. The lowest BCUT2D eigenvalue weighted by Gasteiger charge is -2.39. The number of phenols is 3. The summed E-state index contributed by atoms with van der Waals surface area (Å²) in [6.07, 6.45) is -3.59. The van der Waals surface area contributed by atoms with Crippen molar-refractivity contribution in [2.45, 2.75) is 75.7 Å². The summed E-state index contributed by atoms with van der Waals surface area (Å²) >= 11 is 0. The van der Waals surface area contributed by atoms with Crippen LogP contribution < -0.4 is 20.7 Å². The summed E-state index contributed by atoms with van der Waals surface area (Å²) in [6, 6.07) is 9.01. The van der Waals surface area contributed by atoms with Crippen molar-refractivity contribution >= 4 is 11.8 Å². The Bertz CT molecular complexity index is 1230. The minimum absolute atomic E-state index is 0.0433. The van der Waals surface area contributed by atoms with Gasteiger partial charge in [0.25, 0.3) is 0 Å². The monoisotopic (exact) mass is 635 g/mol. The van der Waals surface area contributed by atoms with Gasteiger partial charge in [-0.1, -0.05) is 12.1 Å². The molecule has 45 heavy (non-hydrogen) atoms. The highest BCUT2D eigenvalue weighted by atomic mass is 16.7. The fourth-order valence-electron chi connectivity index (χ4n) is 4.68. The van der Waals surface area contributed by atoms with E-state index in [2.05, 4.69) is 16.0 Å². The lowest BCUT2D eigenvalue weighted by Crippen LogP contribution is -2.60. The Hall–Kier alpha value is -3.66. The highest BCUT2D eigenvalue weighted by Crippen LogP contribution is 2.31. The minimum atomic E-state index is -1.62. The van der Waals surface area contributed by atoms with Crippen LogP contribution in [0, 0.1) is 0 Å². The maximum Gasteiger partial charge on any atom is 0.229 e. The second kappa shape index (κ2) is 18.3. The molecule has 2 amide bonds. The Morgan fingerprint density at radius 2 is 1.29 bits per heavy atom. The molecule has 0 spiro atoms. The first-order valence-corrected chi connectivity index (χ1v) is 15.1. The third-order valence-corrected chi connectivity index (χ3v) is 7.39. The molecule has 1 heterocycles. The van der Waals surface area contributed by atoms with E-state index in [9.17, 15) is 45.3 Å². The molecule has 10 N–H and O–H groups in total. The molecule has 2 aromatic carbocycles. The van der Waals surface area contributed by atoms with Crippen molar-refractivity contribution in [3.8, 4) is 23.0 Å². The number of carbonyl (C=O) groups is 2. The maximum absolute atomic E-state index is 12.3. The van der Waals surface area contributed by atoms with Gasteiger partial charge in [-0.15, -0.1) is 0 Å². The molecule has 2 aromatic rings. The first kappa shape index (κ1) is 35.8. The van der Waals surface area contributed by atoms with Gasteiger partial charge in [0.05, 0.1) is 6.61 Å². The van der Waals surface area contributed by atoms with Crippen LogP contribution in [0.4, 0.5) is 0 Å². The summed E-state index contributed by atoms with van der Waals surface area (Å²) in [6.45, 7) is 1.97. The second-order valence-corrected chi connectivity index (χ2v) is 11.0. The smallest absolute Gasteiger partial charge is 0.229 e. The van der Waals surface area contributed by atoms with E-state index in [0.717, 1.165) is 37.9 Å². The van der Waals surface area contributed by atoms with Crippen LogP contribution in [0.5, 0.6) is 23.0 Å². The standard InChI is InChI=1S/C31H45N3O11/c35-18-25-28(41)29(42)30(43)31(45-25)44-24-17-20(5-9-22(24)37)7-11-27(40)34-15-3-13-32-12-1-2-14-33-26(39)10-6-19-4-8-21(36)23(38)16-19/h4-5,8-9,16-17,25,28-32,35-38,41-43H,1-3,6-7,10-15,18H2,(H,33,39)(H,34,40)/t25-,28-,29+,30-,31-/m1/s1. The first-order chi connectivity index (χ1) is 21.6. The van der Waals surface area contributed by atoms with Gasteiger partial charge in [-0.25, -0.2) is 0 Å². The van der Waals surface area contributed by atoms with Crippen molar-refractivity contribution in [3.05, 3.63) is 47.5 Å². The van der Waals surface area contributed by atoms with Gasteiger partial charge in [-0.3, -0.25) is 9.59 Å². The van der Waals surface area contributed by atoms with Gasteiger partial charge in [-0.2, -0.15) is 0 Å². The van der Waals surface area contributed by atoms with Crippen molar-refractivity contribution in [1.82, 2.24) is 16.0 Å². The highest BCUT2D eigenvalue weighted by Gasteiger charge is 2.44. The number of carbonyl (C=O) groups excluding carboxylic acids is 2. The van der Waals surface area contributed by atoms with Crippen molar-refractivity contribution < 1.29 is 54.8 Å². The highest BCUT2D eigenvalue weighted by molar-refractivity contribution is 5.76. The van der Waals surface area contributed by atoms with E-state index in [1.54, 1.807) is 12.1 Å². The Morgan fingerprint density at radius 3 is 1.93 bits per heavy atom. The maximum atomic E-state index is 12.3. The van der Waals surface area contributed by atoms with Crippen LogP contribution in [0.1, 0.15) is 43.2 Å². The molecule has 14 nitrogen and oxygen atoms in total. The average Bonchev–Trinajstić information content (AvgIpc) is 3.02. The second-order valence-electron chi connectivity index (χ2n) is 11.0. The van der Waals surface area contributed by atoms with E-state index < -0.39 is 37.3 Å². The molecule has 0 aromatic heterocycles. The SMILES string of the molecule is O=C(CCc1ccc(O)c(O)c1)NCCCCNCCCNC(=O)CCc1ccc(O)c(O[C@@H]2O[C@H](CO)[C@@H](O)[C@H](O)[C@H]2O)c1. The molecule has 0 saturated carbocycles. The van der Waals surface area contributed by atoms with Crippen molar-refractivity contribution in [3.63, 3.8) is 0 Å². The Kier molecular flexibility index (Phi) is 14.6. The molecule has 1 aliphatic rings. The Morgan fingerprint density at radius 1 is 0.711 bits per heavy atom. The number of aryl methyl sites for hydroxylation is 2. The van der Waals surface area contributed by atoms with E-state index in [4.69, 9.17) is 9.47 Å². The van der Waals surface area contributed by atoms with Crippen molar-refractivity contribution in [2.75, 3.05) is 32.8 Å². The van der Waals surface area contributed by atoms with Crippen molar-refractivity contribution in [2.24, 2.45) is 0 Å². The summed E-state index contributed by atoms with van der Waals surface area (Å²) in [7, 11) is 0. The topological polar surface area (TPSA) is 230 Å². The lowest BCUT2D eigenvalue weighted by atomic mass is 9.99. The Labute approximate surface area is 261 Å². The van der Waals surface area contributed by atoms with Gasteiger partial charge >= 0.3 is 0 Å². The molecule has 14 heteroatoms. The molecule has 5 atom stereocenters. The largest absolute Gasteiger partial charge is 0.504 e. The molecule has 1 saturated heterocycles. The number of ether oxygens (including phenoxy) is 2. The molecule has 0 radical (unpaired) electrons. The van der Waals surface area contributed by atoms with E-state index in [0.29, 0.717) is 37.9 Å². The normalized spacial score (nSPS) is 21.3. The van der Waals surface area contributed by atoms with E-state index in [-0.39, 0.29) is 41.2 Å². The number of nitrogens with one attached hydrogen (secondary N) is 3. The number of rotatable bonds is 18. The van der Waals surface area contributed by atoms with Gasteiger partial charge < -0.3 is 61.2 Å². The molecule has 250 valence electrons. The summed E-state index contributed by atoms with van der Waals surface area (Å²) < 4.78 is 10.8. The Balaban J connectivity index is 1.22. The molecule has 1 aliphatic heterocycles. The fraction of sp³-hybridized carbons (Fsp3) is 0.548. The number of amides is 2. The number of unbranched alkanes of at least 4 members (excludes halogenated alkanes) is 1. The number of phenolic OH excluding ortho intramolecular Hbond substituents is 3. The summed E-state index contributed by atoms with van der Waals surface area (Å²) in [5, 5.41) is 77.4. The van der Waals surface area contributed by atoms with Crippen LogP contribution >= 0.6 is 0 Å². The van der Waals surface area contributed by atoms with Crippen LogP contribution in [0.25, 0.3) is 0 Å². The average molecular weight is 636 g/mol. The molecule has 3 rings (SSSR count). The third-order valence-electron chi connectivity index (χ3n) is 7.39. The number of aromatic hydroxyl groups is 3. The molecule has 1 fully saturated rings. The number of hydrogen-bond donors (Lipinski definition) is 10. The molecular formula is C31H45N3O11. The first-order valence-electron chi connectivity index (χ1n) is 15.1. The van der Waals surface area contributed by atoms with Gasteiger partial charge in [0, 0.05) is 25.9 Å². The fourth-order valence-corrected chi connectivity index (χ4v) is 4.68. The number of hydrogen-bond acceptors (Lipinski definition) is 12. The quantitative estimate of drug-likeness (QED) is 0.0741. The van der Waals surface area contributed by atoms with Gasteiger partial charge in [-0.05, 0) is 80.6 Å². The predicted molar refractivity (Wildman–Crippen MR) is 162 cm³/mol. The number of aliphatic hydroxyl groups excluding tert-OH is 4. The lowest BCUT2D eigenvalue weighted by molar-refractivity contribution is -0.277. The van der Waals surface area contributed by atoms with Crippen LogP contribution in [0.3, 0.4) is 0 Å². The summed E-state index contributed by atoms with van der Waals surface area (Å²) in [5.74, 6) is -0.891. The van der Waals surface area contributed by atoms with Crippen LogP contribution in [-0.2, 0) is 27.2 Å². The van der Waals surface area contributed by atoms with E-state index >= 15 is 0 Å². The van der Waals surface area contributed by atoms with Crippen molar-refractivity contribution in [1.29, 1.82) is 0 Å². The zero-order valence-electron chi connectivity index (χ0n) is 25.1. The van der Waals surface area contributed by atoms with Gasteiger partial charge in [0.1, 0.15) is 24.4 Å². The molecule has 0 bridgehead atoms. The van der Waals surface area contributed by atoms with Crippen LogP contribution in [0.15, 0.2) is 36.4 Å². The van der Waals surface area contributed by atoms with E-state index in [1.807, 2.05) is 0 Å². The van der Waals surface area contributed by atoms with Crippen LogP contribution in [-0.4, -0.2) is 111 Å².